The number of ether oxygens (including phenoxy) is 1. The summed E-state index contributed by atoms with van der Waals surface area (Å²) < 4.78 is 5.47. The smallest absolute Gasteiger partial charge is 0.251 e. The van der Waals surface area contributed by atoms with Gasteiger partial charge in [-0.1, -0.05) is 19.1 Å². The molecular weight excluding hydrogens is 300 g/mol. The summed E-state index contributed by atoms with van der Waals surface area (Å²) in [5.41, 5.74) is 2.02. The summed E-state index contributed by atoms with van der Waals surface area (Å²) >= 11 is 0. The van der Waals surface area contributed by atoms with Crippen LogP contribution in [0.25, 0.3) is 0 Å². The second kappa shape index (κ2) is 9.80. The van der Waals surface area contributed by atoms with Crippen molar-refractivity contribution in [2.45, 2.75) is 52.7 Å². The molecule has 1 aromatic carbocycles. The first kappa shape index (κ1) is 18.9. The molecule has 0 aliphatic carbocycles. The molecule has 1 fully saturated rings. The lowest BCUT2D eigenvalue weighted by Gasteiger charge is -2.30. The van der Waals surface area contributed by atoms with E-state index in [1.165, 1.54) is 31.5 Å². The van der Waals surface area contributed by atoms with E-state index in [4.69, 9.17) is 4.74 Å². The summed E-state index contributed by atoms with van der Waals surface area (Å²) in [5.74, 6) is 0.793. The molecule has 134 valence electrons. The van der Waals surface area contributed by atoms with Crippen molar-refractivity contribution in [1.29, 1.82) is 0 Å². The van der Waals surface area contributed by atoms with Crippen molar-refractivity contribution < 1.29 is 9.53 Å². The molecule has 1 aliphatic rings. The molecule has 1 N–H and O–H groups in total. The van der Waals surface area contributed by atoms with Crippen molar-refractivity contribution in [2.75, 3.05) is 26.2 Å². The molecule has 4 heteroatoms. The third-order valence-electron chi connectivity index (χ3n) is 4.42. The number of nitrogens with zero attached hydrogens (tertiary/aromatic N) is 1. The monoisotopic (exact) mass is 332 g/mol. The Morgan fingerprint density at radius 2 is 2.08 bits per heavy atom. The van der Waals surface area contributed by atoms with E-state index in [0.717, 1.165) is 24.4 Å². The van der Waals surface area contributed by atoms with Crippen molar-refractivity contribution >= 4 is 5.91 Å². The third kappa shape index (κ3) is 6.62. The molecule has 0 radical (unpaired) electrons. The van der Waals surface area contributed by atoms with Gasteiger partial charge in [-0.2, -0.15) is 0 Å². The molecule has 0 spiro atoms. The zero-order chi connectivity index (χ0) is 17.4. The predicted octanol–water partition coefficient (Wildman–Crippen LogP) is 3.46. The van der Waals surface area contributed by atoms with Gasteiger partial charge < -0.3 is 10.1 Å². The lowest BCUT2D eigenvalue weighted by Crippen LogP contribution is -2.33. The lowest BCUT2D eigenvalue weighted by atomic mass is 9.99. The van der Waals surface area contributed by atoms with E-state index in [0.29, 0.717) is 13.2 Å². The van der Waals surface area contributed by atoms with Crippen LogP contribution in [0.2, 0.25) is 0 Å². The van der Waals surface area contributed by atoms with E-state index in [1.54, 1.807) is 0 Å². The zero-order valence-corrected chi connectivity index (χ0v) is 15.4. The SMILES string of the molecule is CC(C)OCCCNC(=O)c1ccc(CN2CCC[C@@H](C)C2)cc1. The largest absolute Gasteiger partial charge is 0.379 e. The van der Waals surface area contributed by atoms with Gasteiger partial charge in [0.05, 0.1) is 6.10 Å². The fourth-order valence-electron chi connectivity index (χ4n) is 3.15. The molecule has 0 saturated carbocycles. The van der Waals surface area contributed by atoms with Crippen molar-refractivity contribution in [3.8, 4) is 0 Å². The van der Waals surface area contributed by atoms with Crippen LogP contribution in [0.1, 0.15) is 56.0 Å². The minimum absolute atomic E-state index is 0.00214. The van der Waals surface area contributed by atoms with Crippen LogP contribution >= 0.6 is 0 Å². The Morgan fingerprint density at radius 1 is 1.33 bits per heavy atom. The number of likely N-dealkylation sites (tertiary alicyclic amines) is 1. The van der Waals surface area contributed by atoms with Crippen molar-refractivity contribution in [3.05, 3.63) is 35.4 Å². The Hall–Kier alpha value is -1.39. The van der Waals surface area contributed by atoms with Gasteiger partial charge in [-0.3, -0.25) is 9.69 Å². The van der Waals surface area contributed by atoms with E-state index in [9.17, 15) is 4.79 Å². The Balaban J connectivity index is 1.73. The number of rotatable bonds is 8. The Bertz CT molecular complexity index is 499. The Morgan fingerprint density at radius 3 is 2.75 bits per heavy atom. The number of hydrogen-bond acceptors (Lipinski definition) is 3. The summed E-state index contributed by atoms with van der Waals surface area (Å²) in [5, 5.41) is 2.95. The molecule has 0 aromatic heterocycles. The lowest BCUT2D eigenvalue weighted by molar-refractivity contribution is 0.0757. The quantitative estimate of drug-likeness (QED) is 0.741. The summed E-state index contributed by atoms with van der Waals surface area (Å²) in [6, 6.07) is 8.03. The van der Waals surface area contributed by atoms with Gasteiger partial charge in [0, 0.05) is 31.8 Å². The van der Waals surface area contributed by atoms with E-state index in [1.807, 2.05) is 26.0 Å². The van der Waals surface area contributed by atoms with Crippen LogP contribution in [0.15, 0.2) is 24.3 Å². The maximum Gasteiger partial charge on any atom is 0.251 e. The van der Waals surface area contributed by atoms with Gasteiger partial charge in [0.2, 0.25) is 0 Å². The molecule has 1 amide bonds. The minimum atomic E-state index is -0.00214. The summed E-state index contributed by atoms with van der Waals surface area (Å²) in [6.45, 7) is 11.1. The minimum Gasteiger partial charge on any atom is -0.379 e. The average molecular weight is 332 g/mol. The number of carbonyl (C=O) groups is 1. The molecule has 1 saturated heterocycles. The van der Waals surface area contributed by atoms with Crippen molar-refractivity contribution in [2.24, 2.45) is 5.92 Å². The van der Waals surface area contributed by atoms with Crippen LogP contribution in [0, 0.1) is 5.92 Å². The van der Waals surface area contributed by atoms with Gasteiger partial charge in [-0.05, 0) is 63.3 Å². The Labute approximate surface area is 146 Å². The van der Waals surface area contributed by atoms with Gasteiger partial charge in [0.25, 0.3) is 5.91 Å². The van der Waals surface area contributed by atoms with Crippen LogP contribution in [-0.2, 0) is 11.3 Å². The van der Waals surface area contributed by atoms with Crippen LogP contribution in [-0.4, -0.2) is 43.2 Å². The summed E-state index contributed by atoms with van der Waals surface area (Å²) in [4.78, 5) is 14.6. The maximum atomic E-state index is 12.1. The van der Waals surface area contributed by atoms with Crippen molar-refractivity contribution in [1.82, 2.24) is 10.2 Å². The standard InChI is InChI=1S/C20H32N2O2/c1-16(2)24-13-5-11-21-20(23)19-9-7-18(8-10-19)15-22-12-4-6-17(3)14-22/h7-10,16-17H,4-6,11-15H2,1-3H3,(H,21,23)/t17-/m1/s1. The van der Waals surface area contributed by atoms with E-state index in [-0.39, 0.29) is 12.0 Å². The molecule has 2 rings (SSSR count). The highest BCUT2D eigenvalue weighted by molar-refractivity contribution is 5.94. The van der Waals surface area contributed by atoms with Crippen LogP contribution in [0.4, 0.5) is 0 Å². The third-order valence-corrected chi connectivity index (χ3v) is 4.42. The van der Waals surface area contributed by atoms with E-state index in [2.05, 4.69) is 29.3 Å². The first-order valence-corrected chi connectivity index (χ1v) is 9.25. The molecule has 0 bridgehead atoms. The maximum absolute atomic E-state index is 12.1. The van der Waals surface area contributed by atoms with Gasteiger partial charge in [0.1, 0.15) is 0 Å². The molecular formula is C20H32N2O2. The molecule has 24 heavy (non-hydrogen) atoms. The highest BCUT2D eigenvalue weighted by Gasteiger charge is 2.16. The second-order valence-electron chi connectivity index (χ2n) is 7.21. The number of benzene rings is 1. The zero-order valence-electron chi connectivity index (χ0n) is 15.4. The normalized spacial score (nSPS) is 18.8. The highest BCUT2D eigenvalue weighted by Crippen LogP contribution is 2.18. The fourth-order valence-corrected chi connectivity index (χ4v) is 3.15. The number of amides is 1. The number of hydrogen-bond donors (Lipinski definition) is 1. The topological polar surface area (TPSA) is 41.6 Å². The van der Waals surface area contributed by atoms with Gasteiger partial charge in [-0.25, -0.2) is 0 Å². The van der Waals surface area contributed by atoms with Gasteiger partial charge in [-0.15, -0.1) is 0 Å². The number of piperidine rings is 1. The number of carbonyl (C=O) groups excluding carboxylic acids is 1. The first-order valence-electron chi connectivity index (χ1n) is 9.25. The molecule has 1 heterocycles. The van der Waals surface area contributed by atoms with Crippen molar-refractivity contribution in [3.63, 3.8) is 0 Å². The molecule has 0 unspecified atom stereocenters. The molecule has 1 atom stereocenters. The van der Waals surface area contributed by atoms with E-state index >= 15 is 0 Å². The van der Waals surface area contributed by atoms with Gasteiger partial charge in [0.15, 0.2) is 0 Å². The number of nitrogens with one attached hydrogen (secondary N) is 1. The summed E-state index contributed by atoms with van der Waals surface area (Å²) in [7, 11) is 0. The fraction of sp³-hybridized carbons (Fsp3) is 0.650. The summed E-state index contributed by atoms with van der Waals surface area (Å²) in [6.07, 6.45) is 3.73. The van der Waals surface area contributed by atoms with Crippen LogP contribution < -0.4 is 5.32 Å². The predicted molar refractivity (Wildman–Crippen MR) is 98.2 cm³/mol. The second-order valence-corrected chi connectivity index (χ2v) is 7.21. The Kier molecular flexibility index (Phi) is 7.73. The first-order chi connectivity index (χ1) is 11.5. The molecule has 1 aliphatic heterocycles. The van der Waals surface area contributed by atoms with Crippen LogP contribution in [0.5, 0.6) is 0 Å². The molecule has 1 aromatic rings. The van der Waals surface area contributed by atoms with E-state index < -0.39 is 0 Å². The molecule has 4 nitrogen and oxygen atoms in total. The highest BCUT2D eigenvalue weighted by atomic mass is 16.5. The average Bonchev–Trinajstić information content (AvgIpc) is 2.55. The van der Waals surface area contributed by atoms with Gasteiger partial charge >= 0.3 is 0 Å². The van der Waals surface area contributed by atoms with Crippen LogP contribution in [0.3, 0.4) is 0 Å².